The Bertz CT molecular complexity index is 343. The van der Waals surface area contributed by atoms with Crippen LogP contribution in [0.3, 0.4) is 0 Å². The first-order valence-corrected chi connectivity index (χ1v) is 5.44. The van der Waals surface area contributed by atoms with Crippen molar-refractivity contribution in [3.8, 4) is 0 Å². The second-order valence-corrected chi connectivity index (χ2v) is 4.40. The molecule has 0 aromatic carbocycles. The Kier molecular flexibility index (Phi) is 1.83. The number of aliphatic hydroxyl groups is 1. The van der Waals surface area contributed by atoms with Gasteiger partial charge in [0.1, 0.15) is 11.6 Å². The Morgan fingerprint density at radius 1 is 1.21 bits per heavy atom. The highest BCUT2D eigenvalue weighted by molar-refractivity contribution is 5.07. The number of fused-ring (bicyclic) bond motifs is 1. The van der Waals surface area contributed by atoms with Gasteiger partial charge >= 0.3 is 0 Å². The molecular weight excluding hydrogens is 178 g/mol. The van der Waals surface area contributed by atoms with Crippen LogP contribution in [-0.2, 0) is 13.0 Å². The van der Waals surface area contributed by atoms with Gasteiger partial charge in [0.15, 0.2) is 0 Å². The van der Waals surface area contributed by atoms with Crippen LogP contribution in [0.5, 0.6) is 0 Å². The summed E-state index contributed by atoms with van der Waals surface area (Å²) in [5, 5.41) is 17.9. The summed E-state index contributed by atoms with van der Waals surface area (Å²) in [7, 11) is 0. The van der Waals surface area contributed by atoms with Crippen LogP contribution < -0.4 is 0 Å². The second-order valence-electron chi connectivity index (χ2n) is 4.40. The summed E-state index contributed by atoms with van der Waals surface area (Å²) in [4.78, 5) is 0. The average Bonchev–Trinajstić information content (AvgIpc) is 2.45. The van der Waals surface area contributed by atoms with Crippen molar-refractivity contribution < 1.29 is 5.11 Å². The standard InChI is InChI=1S/C10H15N3O/c14-8-4-5-13-9(6-8)11-12-10(13)7-2-1-3-7/h7-8,14H,1-6H2. The molecular formula is C10H15N3O. The first kappa shape index (κ1) is 8.41. The third-order valence-electron chi connectivity index (χ3n) is 3.43. The van der Waals surface area contributed by atoms with Crippen molar-refractivity contribution >= 4 is 0 Å². The van der Waals surface area contributed by atoms with Gasteiger partial charge < -0.3 is 9.67 Å². The van der Waals surface area contributed by atoms with Gasteiger partial charge in [-0.2, -0.15) is 0 Å². The molecule has 0 amide bonds. The largest absolute Gasteiger partial charge is 0.393 e. The van der Waals surface area contributed by atoms with Gasteiger partial charge in [-0.25, -0.2) is 0 Å². The van der Waals surface area contributed by atoms with Crippen molar-refractivity contribution in [1.82, 2.24) is 14.8 Å². The molecule has 1 aliphatic heterocycles. The maximum atomic E-state index is 9.49. The summed E-state index contributed by atoms with van der Waals surface area (Å²) in [6.45, 7) is 0.898. The lowest BCUT2D eigenvalue weighted by Crippen LogP contribution is -2.26. The molecule has 1 atom stereocenters. The van der Waals surface area contributed by atoms with Crippen molar-refractivity contribution in [3.05, 3.63) is 11.6 Å². The Morgan fingerprint density at radius 3 is 2.79 bits per heavy atom. The van der Waals surface area contributed by atoms with Crippen molar-refractivity contribution in [3.63, 3.8) is 0 Å². The normalized spacial score (nSPS) is 27.1. The van der Waals surface area contributed by atoms with Gasteiger partial charge in [0.25, 0.3) is 0 Å². The summed E-state index contributed by atoms with van der Waals surface area (Å²) < 4.78 is 2.22. The van der Waals surface area contributed by atoms with Crippen molar-refractivity contribution in [1.29, 1.82) is 0 Å². The van der Waals surface area contributed by atoms with Gasteiger partial charge in [0.05, 0.1) is 6.10 Å². The van der Waals surface area contributed by atoms with Crippen molar-refractivity contribution in [2.75, 3.05) is 0 Å². The first-order chi connectivity index (χ1) is 6.84. The fourth-order valence-electron chi connectivity index (χ4n) is 2.30. The van der Waals surface area contributed by atoms with E-state index >= 15 is 0 Å². The maximum absolute atomic E-state index is 9.49. The van der Waals surface area contributed by atoms with Crippen LogP contribution in [0.4, 0.5) is 0 Å². The van der Waals surface area contributed by atoms with E-state index in [4.69, 9.17) is 0 Å². The number of nitrogens with zero attached hydrogens (tertiary/aromatic N) is 3. The minimum absolute atomic E-state index is 0.207. The molecule has 4 heteroatoms. The molecule has 1 aliphatic carbocycles. The van der Waals surface area contributed by atoms with E-state index in [1.54, 1.807) is 0 Å². The van der Waals surface area contributed by atoms with Crippen molar-refractivity contribution in [2.45, 2.75) is 50.7 Å². The lowest BCUT2D eigenvalue weighted by Gasteiger charge is -2.27. The average molecular weight is 193 g/mol. The summed E-state index contributed by atoms with van der Waals surface area (Å²) >= 11 is 0. The summed E-state index contributed by atoms with van der Waals surface area (Å²) in [6, 6.07) is 0. The number of rotatable bonds is 1. The smallest absolute Gasteiger partial charge is 0.136 e. The first-order valence-electron chi connectivity index (χ1n) is 5.44. The van der Waals surface area contributed by atoms with Gasteiger partial charge in [-0.15, -0.1) is 10.2 Å². The fourth-order valence-corrected chi connectivity index (χ4v) is 2.30. The summed E-state index contributed by atoms with van der Waals surface area (Å²) in [5.41, 5.74) is 0. The van der Waals surface area contributed by atoms with E-state index in [2.05, 4.69) is 14.8 Å². The van der Waals surface area contributed by atoms with Crippen LogP contribution in [0, 0.1) is 0 Å². The van der Waals surface area contributed by atoms with E-state index in [1.807, 2.05) is 0 Å². The Morgan fingerprint density at radius 2 is 2.07 bits per heavy atom. The van der Waals surface area contributed by atoms with Crippen LogP contribution in [0.2, 0.25) is 0 Å². The number of aliphatic hydroxyl groups excluding tert-OH is 1. The van der Waals surface area contributed by atoms with Crippen LogP contribution in [-0.4, -0.2) is 26.0 Å². The maximum Gasteiger partial charge on any atom is 0.136 e. The molecule has 4 nitrogen and oxygen atoms in total. The number of hydrogen-bond acceptors (Lipinski definition) is 3. The predicted octanol–water partition coefficient (Wildman–Crippen LogP) is 0.853. The van der Waals surface area contributed by atoms with E-state index in [9.17, 15) is 5.11 Å². The zero-order chi connectivity index (χ0) is 9.54. The topological polar surface area (TPSA) is 50.9 Å². The molecule has 14 heavy (non-hydrogen) atoms. The Labute approximate surface area is 83.0 Å². The molecule has 0 bridgehead atoms. The van der Waals surface area contributed by atoms with Crippen molar-refractivity contribution in [2.24, 2.45) is 0 Å². The van der Waals surface area contributed by atoms with E-state index < -0.39 is 0 Å². The SMILES string of the molecule is OC1CCn2c(nnc2C2CCC2)C1. The molecule has 1 fully saturated rings. The van der Waals surface area contributed by atoms with E-state index in [0.717, 1.165) is 24.6 Å². The van der Waals surface area contributed by atoms with Crippen LogP contribution in [0.1, 0.15) is 43.3 Å². The molecule has 3 rings (SSSR count). The van der Waals surface area contributed by atoms with Crippen LogP contribution in [0.15, 0.2) is 0 Å². The van der Waals surface area contributed by atoms with E-state index in [1.165, 1.54) is 19.3 Å². The number of aromatic nitrogens is 3. The fraction of sp³-hybridized carbons (Fsp3) is 0.800. The van der Waals surface area contributed by atoms with Gasteiger partial charge in [0, 0.05) is 18.9 Å². The van der Waals surface area contributed by atoms with Crippen LogP contribution in [0.25, 0.3) is 0 Å². The molecule has 1 aromatic rings. The van der Waals surface area contributed by atoms with Gasteiger partial charge in [-0.1, -0.05) is 6.42 Å². The third kappa shape index (κ3) is 1.17. The molecule has 1 aromatic heterocycles. The monoisotopic (exact) mass is 193 g/mol. The second kappa shape index (κ2) is 3.05. The highest BCUT2D eigenvalue weighted by Gasteiger charge is 2.28. The van der Waals surface area contributed by atoms with E-state index in [-0.39, 0.29) is 6.10 Å². The quantitative estimate of drug-likeness (QED) is 0.719. The zero-order valence-corrected chi connectivity index (χ0v) is 8.19. The number of hydrogen-bond donors (Lipinski definition) is 1. The molecule has 0 spiro atoms. The molecule has 2 heterocycles. The molecule has 76 valence electrons. The highest BCUT2D eigenvalue weighted by atomic mass is 16.3. The highest BCUT2D eigenvalue weighted by Crippen LogP contribution is 2.36. The third-order valence-corrected chi connectivity index (χ3v) is 3.43. The summed E-state index contributed by atoms with van der Waals surface area (Å²) in [6.07, 6.45) is 5.18. The molecule has 0 saturated heterocycles. The minimum Gasteiger partial charge on any atom is -0.393 e. The minimum atomic E-state index is -0.207. The Hall–Kier alpha value is -0.900. The molecule has 2 aliphatic rings. The van der Waals surface area contributed by atoms with Gasteiger partial charge in [-0.3, -0.25) is 0 Å². The molecule has 1 unspecified atom stereocenters. The van der Waals surface area contributed by atoms with Gasteiger partial charge in [0.2, 0.25) is 0 Å². The molecule has 0 radical (unpaired) electrons. The molecule has 1 saturated carbocycles. The van der Waals surface area contributed by atoms with Gasteiger partial charge in [-0.05, 0) is 19.3 Å². The van der Waals surface area contributed by atoms with Crippen LogP contribution >= 0.6 is 0 Å². The molecule has 1 N–H and O–H groups in total. The zero-order valence-electron chi connectivity index (χ0n) is 8.19. The predicted molar refractivity (Wildman–Crippen MR) is 50.9 cm³/mol. The lowest BCUT2D eigenvalue weighted by molar-refractivity contribution is 0.140. The Balaban J connectivity index is 1.91. The lowest BCUT2D eigenvalue weighted by atomic mass is 9.84. The summed E-state index contributed by atoms with van der Waals surface area (Å²) in [5.74, 6) is 2.79. The van der Waals surface area contributed by atoms with E-state index in [0.29, 0.717) is 12.3 Å².